The molecule has 2 aromatic rings. The van der Waals surface area contributed by atoms with Gasteiger partial charge in [-0.25, -0.2) is 9.97 Å². The molecule has 1 amide bonds. The molecule has 1 aromatic carbocycles. The maximum absolute atomic E-state index is 13.5. The molecule has 0 radical (unpaired) electrons. The largest absolute Gasteiger partial charge is 0.404 e. The van der Waals surface area contributed by atoms with Crippen LogP contribution in [0, 0.1) is 0 Å². The van der Waals surface area contributed by atoms with E-state index in [1.54, 1.807) is 31.5 Å². The van der Waals surface area contributed by atoms with Gasteiger partial charge in [0.25, 0.3) is 0 Å². The summed E-state index contributed by atoms with van der Waals surface area (Å²) in [7, 11) is 0. The van der Waals surface area contributed by atoms with Crippen LogP contribution in [0.25, 0.3) is 11.1 Å². The van der Waals surface area contributed by atoms with Crippen LogP contribution in [0.15, 0.2) is 90.4 Å². The average Bonchev–Trinajstić information content (AvgIpc) is 2.88. The van der Waals surface area contributed by atoms with E-state index in [1.807, 2.05) is 24.3 Å². The fourth-order valence-electron chi connectivity index (χ4n) is 3.75. The van der Waals surface area contributed by atoms with Gasteiger partial charge in [-0.05, 0) is 43.0 Å². The monoisotopic (exact) mass is 489 g/mol. The minimum absolute atomic E-state index is 0.166. The van der Waals surface area contributed by atoms with Crippen LogP contribution in [0.3, 0.4) is 0 Å². The Balaban J connectivity index is 1.76. The zero-order valence-electron chi connectivity index (χ0n) is 20.2. The van der Waals surface area contributed by atoms with Crippen molar-refractivity contribution in [1.82, 2.24) is 15.3 Å². The minimum Gasteiger partial charge on any atom is -0.404 e. The Hall–Kier alpha value is -4.44. The predicted molar refractivity (Wildman–Crippen MR) is 140 cm³/mol. The third-order valence-electron chi connectivity index (χ3n) is 5.76. The number of rotatable bonds is 9. The van der Waals surface area contributed by atoms with E-state index >= 15 is 0 Å². The van der Waals surface area contributed by atoms with Crippen LogP contribution >= 0.6 is 0 Å². The average molecular weight is 490 g/mol. The first kappa shape index (κ1) is 26.2. The number of amidine groups is 1. The van der Waals surface area contributed by atoms with Crippen LogP contribution in [0.1, 0.15) is 25.3 Å². The van der Waals surface area contributed by atoms with Crippen LogP contribution in [0.2, 0.25) is 0 Å². The summed E-state index contributed by atoms with van der Waals surface area (Å²) in [5.41, 5.74) is 19.4. The van der Waals surface area contributed by atoms with E-state index in [4.69, 9.17) is 26.8 Å². The van der Waals surface area contributed by atoms with Crippen LogP contribution in [0.4, 0.5) is 5.95 Å². The van der Waals surface area contributed by atoms with Gasteiger partial charge in [-0.15, -0.1) is 0 Å². The van der Waals surface area contributed by atoms with Crippen molar-refractivity contribution in [3.8, 4) is 11.1 Å². The van der Waals surface area contributed by atoms with E-state index in [1.165, 1.54) is 6.20 Å². The predicted octanol–water partition coefficient (Wildman–Crippen LogP) is 2.63. The number of nitrogens with zero attached hydrogens (tertiary/aromatic N) is 3. The molecule has 0 unspecified atom stereocenters. The molecule has 188 valence electrons. The summed E-state index contributed by atoms with van der Waals surface area (Å²) in [6.07, 6.45) is 8.94. The third-order valence-corrected chi connectivity index (χ3v) is 5.76. The highest BCUT2D eigenvalue weighted by Crippen LogP contribution is 2.36. The molecule has 0 saturated carbocycles. The number of aromatic nitrogens is 2. The molecule has 10 nitrogen and oxygen atoms in total. The first-order valence-corrected chi connectivity index (χ1v) is 11.3. The quantitative estimate of drug-likeness (QED) is 0.137. The zero-order valence-corrected chi connectivity index (χ0v) is 20.2. The van der Waals surface area contributed by atoms with Crippen LogP contribution in [0.5, 0.6) is 0 Å². The van der Waals surface area contributed by atoms with E-state index in [2.05, 4.69) is 33.6 Å². The second-order valence-corrected chi connectivity index (χ2v) is 8.28. The summed E-state index contributed by atoms with van der Waals surface area (Å²) in [6, 6.07) is 7.79. The molecule has 36 heavy (non-hydrogen) atoms. The second kappa shape index (κ2) is 11.8. The summed E-state index contributed by atoms with van der Waals surface area (Å²) in [5, 5.41) is 6.56. The van der Waals surface area contributed by atoms with Crippen LogP contribution in [-0.4, -0.2) is 34.9 Å². The molecule has 1 fully saturated rings. The Morgan fingerprint density at radius 3 is 2.36 bits per heavy atom. The molecule has 7 N–H and O–H groups in total. The maximum Gasteiger partial charge on any atom is 0.235 e. The van der Waals surface area contributed by atoms with Crippen LogP contribution in [-0.2, 0) is 19.8 Å². The topological polar surface area (TPSA) is 164 Å². The van der Waals surface area contributed by atoms with E-state index in [-0.39, 0.29) is 23.5 Å². The molecule has 0 aliphatic carbocycles. The molecule has 10 heteroatoms. The minimum atomic E-state index is -0.766. The SMILES string of the molecule is C=C(/C=C\C(=C/N)C(=C)O/N=C(/C)N)NC(=O)C1(c2ccc(-c3cnc(N)nc3)cc2)CCOCC1. The number of anilines is 1. The van der Waals surface area contributed by atoms with E-state index in [0.717, 1.165) is 16.7 Å². The summed E-state index contributed by atoms with van der Waals surface area (Å²) in [4.78, 5) is 26.7. The standard InChI is InChI=1S/C26H31N7O3/c1-17(4-5-21(14-27)18(2)36-33-19(3)28)32-24(34)26(10-12-35-13-11-26)23-8-6-20(7-9-23)22-15-30-25(29)31-16-22/h4-9,14-16H,1-2,10-13,27H2,3H3,(H2,28,33)(H,32,34)(H2,29,30,31)/b5-4-,21-14+. The molecule has 0 bridgehead atoms. The van der Waals surface area contributed by atoms with Gasteiger partial charge in [0.1, 0.15) is 5.84 Å². The number of allylic oxidation sites excluding steroid dienone is 2. The molecule has 0 spiro atoms. The number of benzene rings is 1. The number of nitrogens with one attached hydrogen (secondary N) is 1. The molecule has 2 heterocycles. The fourth-order valence-corrected chi connectivity index (χ4v) is 3.75. The number of hydrogen-bond donors (Lipinski definition) is 4. The molecule has 0 atom stereocenters. The Labute approximate surface area is 210 Å². The Morgan fingerprint density at radius 2 is 1.78 bits per heavy atom. The Kier molecular flexibility index (Phi) is 8.58. The lowest BCUT2D eigenvalue weighted by molar-refractivity contribution is -0.129. The number of amides is 1. The fraction of sp³-hybridized carbons (Fsp3) is 0.231. The normalized spacial score (nSPS) is 15.9. The van der Waals surface area contributed by atoms with Gasteiger partial charge in [-0.3, -0.25) is 4.79 Å². The van der Waals surface area contributed by atoms with E-state index in [0.29, 0.717) is 37.3 Å². The molecule has 3 rings (SSSR count). The number of carbonyl (C=O) groups is 1. The molecular formula is C26H31N7O3. The first-order valence-electron chi connectivity index (χ1n) is 11.3. The summed E-state index contributed by atoms with van der Waals surface area (Å²) in [5.74, 6) is 0.489. The lowest BCUT2D eigenvalue weighted by atomic mass is 9.73. The van der Waals surface area contributed by atoms with Crippen molar-refractivity contribution < 1.29 is 14.4 Å². The number of oxime groups is 1. The Morgan fingerprint density at radius 1 is 1.14 bits per heavy atom. The van der Waals surface area contributed by atoms with Crippen molar-refractivity contribution in [3.05, 3.63) is 90.8 Å². The zero-order chi connectivity index (χ0) is 26.1. The highest BCUT2D eigenvalue weighted by Gasteiger charge is 2.41. The summed E-state index contributed by atoms with van der Waals surface area (Å²) in [6.45, 7) is 10.2. The summed E-state index contributed by atoms with van der Waals surface area (Å²) >= 11 is 0. The second-order valence-electron chi connectivity index (χ2n) is 8.28. The third kappa shape index (κ3) is 6.36. The van der Waals surface area contributed by atoms with Crippen molar-refractivity contribution >= 4 is 17.7 Å². The molecule has 1 saturated heterocycles. The smallest absolute Gasteiger partial charge is 0.235 e. The number of ether oxygens (including phenoxy) is 1. The van der Waals surface area contributed by atoms with Gasteiger partial charge < -0.3 is 32.1 Å². The van der Waals surface area contributed by atoms with Gasteiger partial charge in [-0.1, -0.05) is 42.6 Å². The van der Waals surface area contributed by atoms with Crippen molar-refractivity contribution in [2.75, 3.05) is 18.9 Å². The van der Waals surface area contributed by atoms with Crippen molar-refractivity contribution in [2.24, 2.45) is 16.6 Å². The van der Waals surface area contributed by atoms with Crippen LogP contribution < -0.4 is 22.5 Å². The Bertz CT molecular complexity index is 1190. The van der Waals surface area contributed by atoms with Gasteiger partial charge in [0.05, 0.1) is 5.41 Å². The van der Waals surface area contributed by atoms with Gasteiger partial charge in [0, 0.05) is 48.6 Å². The number of nitrogen functional groups attached to an aromatic ring is 1. The molecule has 1 aliphatic rings. The van der Waals surface area contributed by atoms with Crippen molar-refractivity contribution in [3.63, 3.8) is 0 Å². The lowest BCUT2D eigenvalue weighted by Gasteiger charge is -2.36. The van der Waals surface area contributed by atoms with Crippen molar-refractivity contribution in [2.45, 2.75) is 25.2 Å². The number of hydrogen-bond acceptors (Lipinski definition) is 8. The van der Waals surface area contributed by atoms with Gasteiger partial charge in [-0.2, -0.15) is 0 Å². The van der Waals surface area contributed by atoms with Crippen molar-refractivity contribution in [1.29, 1.82) is 0 Å². The molecular weight excluding hydrogens is 458 g/mol. The number of nitrogens with two attached hydrogens (primary N) is 3. The number of carbonyl (C=O) groups excluding carboxylic acids is 1. The van der Waals surface area contributed by atoms with E-state index < -0.39 is 5.41 Å². The first-order chi connectivity index (χ1) is 17.2. The maximum atomic E-state index is 13.5. The highest BCUT2D eigenvalue weighted by molar-refractivity contribution is 5.90. The summed E-state index contributed by atoms with van der Waals surface area (Å²) < 4.78 is 5.56. The van der Waals surface area contributed by atoms with Gasteiger partial charge in [0.2, 0.25) is 11.9 Å². The molecule has 1 aliphatic heterocycles. The molecule has 1 aromatic heterocycles. The van der Waals surface area contributed by atoms with E-state index in [9.17, 15) is 4.79 Å². The van der Waals surface area contributed by atoms with Gasteiger partial charge in [0.15, 0.2) is 5.76 Å². The lowest BCUT2D eigenvalue weighted by Crippen LogP contribution is -2.47. The van der Waals surface area contributed by atoms with Gasteiger partial charge >= 0.3 is 0 Å². The highest BCUT2D eigenvalue weighted by atomic mass is 16.6.